The lowest BCUT2D eigenvalue weighted by Gasteiger charge is -2.20. The van der Waals surface area contributed by atoms with Crippen molar-refractivity contribution in [1.82, 2.24) is 5.32 Å². The molecule has 0 spiro atoms. The first-order valence-corrected chi connectivity index (χ1v) is 6.01. The van der Waals surface area contributed by atoms with Gasteiger partial charge < -0.3 is 5.32 Å². The van der Waals surface area contributed by atoms with Gasteiger partial charge in [0.05, 0.1) is 5.02 Å². The molecule has 16 heavy (non-hydrogen) atoms. The van der Waals surface area contributed by atoms with Gasteiger partial charge in [-0.25, -0.2) is 4.39 Å². The molecule has 1 aromatic rings. The van der Waals surface area contributed by atoms with Gasteiger partial charge in [0.15, 0.2) is 0 Å². The molecule has 1 nitrogen and oxygen atoms in total. The van der Waals surface area contributed by atoms with Crippen LogP contribution in [0.1, 0.15) is 19.4 Å². The summed E-state index contributed by atoms with van der Waals surface area (Å²) >= 11 is 5.76. The standard InChI is InChI=1S/C13H19ClFN/c1-9(2)11(8-16-3)6-10-4-5-13(15)12(14)7-10/h4-5,7,9,11,16H,6,8H2,1-3H3. The molecule has 0 aliphatic carbocycles. The van der Waals surface area contributed by atoms with E-state index in [9.17, 15) is 4.39 Å². The molecule has 0 amide bonds. The van der Waals surface area contributed by atoms with Gasteiger partial charge in [0.1, 0.15) is 5.82 Å². The molecule has 0 aliphatic heterocycles. The molecule has 0 fully saturated rings. The molecule has 1 atom stereocenters. The van der Waals surface area contributed by atoms with Gasteiger partial charge in [-0.1, -0.05) is 31.5 Å². The molecule has 1 rings (SSSR count). The van der Waals surface area contributed by atoms with Crippen molar-refractivity contribution in [2.45, 2.75) is 20.3 Å². The van der Waals surface area contributed by atoms with Crippen molar-refractivity contribution >= 4 is 11.6 Å². The zero-order chi connectivity index (χ0) is 12.1. The Hall–Kier alpha value is -0.600. The highest BCUT2D eigenvalue weighted by atomic mass is 35.5. The van der Waals surface area contributed by atoms with Gasteiger partial charge in [-0.15, -0.1) is 0 Å². The van der Waals surface area contributed by atoms with Gasteiger partial charge in [0, 0.05) is 0 Å². The zero-order valence-electron chi connectivity index (χ0n) is 10.1. The Bertz CT molecular complexity index is 339. The molecular formula is C13H19ClFN. The Kier molecular flexibility index (Phi) is 5.23. The Morgan fingerprint density at radius 2 is 2.06 bits per heavy atom. The van der Waals surface area contributed by atoms with E-state index in [0.29, 0.717) is 11.8 Å². The highest BCUT2D eigenvalue weighted by Gasteiger charge is 2.13. The normalized spacial score (nSPS) is 13.1. The lowest BCUT2D eigenvalue weighted by Crippen LogP contribution is -2.25. The summed E-state index contributed by atoms with van der Waals surface area (Å²) in [6.45, 7) is 5.37. The van der Waals surface area contributed by atoms with Crippen molar-refractivity contribution in [3.63, 3.8) is 0 Å². The van der Waals surface area contributed by atoms with Gasteiger partial charge in [-0.2, -0.15) is 0 Å². The van der Waals surface area contributed by atoms with Gasteiger partial charge in [0.2, 0.25) is 0 Å². The van der Waals surface area contributed by atoms with E-state index in [-0.39, 0.29) is 10.8 Å². The van der Waals surface area contributed by atoms with Gasteiger partial charge >= 0.3 is 0 Å². The SMILES string of the molecule is CNCC(Cc1ccc(F)c(Cl)c1)C(C)C. The van der Waals surface area contributed by atoms with Crippen LogP contribution in [0.15, 0.2) is 18.2 Å². The number of rotatable bonds is 5. The smallest absolute Gasteiger partial charge is 0.141 e. The van der Waals surface area contributed by atoms with Gasteiger partial charge in [-0.05, 0) is 49.5 Å². The molecule has 1 N–H and O–H groups in total. The third-order valence-corrected chi connectivity index (χ3v) is 3.18. The fourth-order valence-electron chi connectivity index (χ4n) is 1.78. The summed E-state index contributed by atoms with van der Waals surface area (Å²) in [4.78, 5) is 0. The van der Waals surface area contributed by atoms with Gasteiger partial charge in [0.25, 0.3) is 0 Å². The fourth-order valence-corrected chi connectivity index (χ4v) is 1.98. The van der Waals surface area contributed by atoms with Crippen LogP contribution in [0, 0.1) is 17.7 Å². The summed E-state index contributed by atoms with van der Waals surface area (Å²) in [6.07, 6.45) is 0.929. The molecule has 3 heteroatoms. The van der Waals surface area contributed by atoms with Gasteiger partial charge in [-0.3, -0.25) is 0 Å². The van der Waals surface area contributed by atoms with Crippen LogP contribution in [-0.2, 0) is 6.42 Å². The predicted molar refractivity (Wildman–Crippen MR) is 67.4 cm³/mol. The van der Waals surface area contributed by atoms with E-state index in [1.807, 2.05) is 13.1 Å². The van der Waals surface area contributed by atoms with Crippen molar-refractivity contribution in [2.24, 2.45) is 11.8 Å². The highest BCUT2D eigenvalue weighted by Crippen LogP contribution is 2.21. The molecule has 1 unspecified atom stereocenters. The third-order valence-electron chi connectivity index (χ3n) is 2.89. The predicted octanol–water partition coefficient (Wildman–Crippen LogP) is 3.51. The number of hydrogen-bond acceptors (Lipinski definition) is 1. The first-order valence-electron chi connectivity index (χ1n) is 5.63. The summed E-state index contributed by atoms with van der Waals surface area (Å²) in [6, 6.07) is 4.97. The van der Waals surface area contributed by atoms with Crippen molar-refractivity contribution in [1.29, 1.82) is 0 Å². The van der Waals surface area contributed by atoms with Crippen LogP contribution in [0.4, 0.5) is 4.39 Å². The number of hydrogen-bond donors (Lipinski definition) is 1. The van der Waals surface area contributed by atoms with E-state index >= 15 is 0 Å². The molecule has 0 radical (unpaired) electrons. The molecule has 0 saturated heterocycles. The second kappa shape index (κ2) is 6.21. The Labute approximate surface area is 102 Å². The molecule has 0 aliphatic rings. The summed E-state index contributed by atoms with van der Waals surface area (Å²) in [5.41, 5.74) is 1.10. The second-order valence-electron chi connectivity index (χ2n) is 4.51. The van der Waals surface area contributed by atoms with E-state index < -0.39 is 0 Å². The molecular weight excluding hydrogens is 225 g/mol. The first-order chi connectivity index (χ1) is 7.54. The van der Waals surface area contributed by atoms with Crippen LogP contribution in [0.25, 0.3) is 0 Å². The quantitative estimate of drug-likeness (QED) is 0.835. The lowest BCUT2D eigenvalue weighted by atomic mass is 9.89. The molecule has 0 heterocycles. The average Bonchev–Trinajstić information content (AvgIpc) is 2.22. The third kappa shape index (κ3) is 3.76. The highest BCUT2D eigenvalue weighted by molar-refractivity contribution is 6.30. The maximum atomic E-state index is 13.0. The van der Waals surface area contributed by atoms with Crippen molar-refractivity contribution < 1.29 is 4.39 Å². The Morgan fingerprint density at radius 3 is 2.56 bits per heavy atom. The molecule has 0 saturated carbocycles. The van der Waals surface area contributed by atoms with E-state index in [1.54, 1.807) is 6.07 Å². The summed E-state index contributed by atoms with van der Waals surface area (Å²) in [5.74, 6) is 0.794. The first kappa shape index (κ1) is 13.5. The maximum absolute atomic E-state index is 13.0. The minimum Gasteiger partial charge on any atom is -0.319 e. The fraction of sp³-hybridized carbons (Fsp3) is 0.538. The molecule has 0 bridgehead atoms. The topological polar surface area (TPSA) is 12.0 Å². The molecule has 1 aromatic carbocycles. The number of halogens is 2. The van der Waals surface area contributed by atoms with E-state index in [1.165, 1.54) is 6.07 Å². The van der Waals surface area contributed by atoms with Crippen molar-refractivity contribution in [2.75, 3.05) is 13.6 Å². The van der Waals surface area contributed by atoms with Crippen molar-refractivity contribution in [3.8, 4) is 0 Å². The Balaban J connectivity index is 2.73. The van der Waals surface area contributed by atoms with Crippen LogP contribution in [0.3, 0.4) is 0 Å². The zero-order valence-corrected chi connectivity index (χ0v) is 10.8. The lowest BCUT2D eigenvalue weighted by molar-refractivity contribution is 0.370. The number of nitrogens with one attached hydrogen (secondary N) is 1. The van der Waals surface area contributed by atoms with Crippen molar-refractivity contribution in [3.05, 3.63) is 34.6 Å². The van der Waals surface area contributed by atoms with Crippen LogP contribution in [-0.4, -0.2) is 13.6 Å². The summed E-state index contributed by atoms with van der Waals surface area (Å²) < 4.78 is 13.0. The largest absolute Gasteiger partial charge is 0.319 e. The van der Waals surface area contributed by atoms with Crippen LogP contribution in [0.2, 0.25) is 5.02 Å². The second-order valence-corrected chi connectivity index (χ2v) is 4.92. The average molecular weight is 244 g/mol. The van der Waals surface area contributed by atoms with Crippen LogP contribution < -0.4 is 5.32 Å². The minimum absolute atomic E-state index is 0.212. The maximum Gasteiger partial charge on any atom is 0.141 e. The minimum atomic E-state index is -0.347. The van der Waals surface area contributed by atoms with E-state index in [0.717, 1.165) is 18.5 Å². The summed E-state index contributed by atoms with van der Waals surface area (Å²) in [5, 5.41) is 3.40. The molecule has 0 aromatic heterocycles. The monoisotopic (exact) mass is 243 g/mol. The van der Waals surface area contributed by atoms with Crippen LogP contribution in [0.5, 0.6) is 0 Å². The van der Waals surface area contributed by atoms with E-state index in [4.69, 9.17) is 11.6 Å². The van der Waals surface area contributed by atoms with Crippen LogP contribution >= 0.6 is 11.6 Å². The van der Waals surface area contributed by atoms with E-state index in [2.05, 4.69) is 19.2 Å². The number of benzene rings is 1. The Morgan fingerprint density at radius 1 is 1.38 bits per heavy atom. The molecule has 90 valence electrons. The summed E-state index contributed by atoms with van der Waals surface area (Å²) in [7, 11) is 1.95.